The molecule has 0 bridgehead atoms. The number of rotatable bonds is 99. The van der Waals surface area contributed by atoms with Gasteiger partial charge in [-0.25, -0.2) is 0 Å². The summed E-state index contributed by atoms with van der Waals surface area (Å²) < 4.78 is 222. The molecule has 7 aromatic carbocycles. The Morgan fingerprint density at radius 2 is 0.215 bits per heavy atom. The molecular formula is C105H156O39. The molecule has 0 radical (unpaired) electrons. The van der Waals surface area contributed by atoms with Crippen molar-refractivity contribution in [1.82, 2.24) is 0 Å². The first-order valence-electron chi connectivity index (χ1n) is 48.6. The van der Waals surface area contributed by atoms with E-state index in [9.17, 15) is 5.11 Å². The topological polar surface area (TPSA) is 371 Å². The fraction of sp³-hybridized carbons (Fsp3) is 0.600. The lowest BCUT2D eigenvalue weighted by Crippen LogP contribution is -2.13. The average Bonchev–Trinajstić information content (AvgIpc) is 0.840. The number of ether oxygens (including phenoxy) is 38. The molecule has 39 heteroatoms. The van der Waals surface area contributed by atoms with E-state index in [1.807, 2.05) is 97.1 Å². The second-order valence-corrected chi connectivity index (χ2v) is 31.1. The molecule has 0 aliphatic heterocycles. The number of aliphatic hydroxyl groups is 1. The van der Waals surface area contributed by atoms with Crippen LogP contribution >= 0.6 is 0 Å². The summed E-state index contributed by atoms with van der Waals surface area (Å²) in [6, 6.07) is 38.6. The van der Waals surface area contributed by atoms with Crippen LogP contribution in [-0.2, 0) is 160 Å². The van der Waals surface area contributed by atoms with Gasteiger partial charge in [-0.15, -0.1) is 0 Å². The fourth-order valence-electron chi connectivity index (χ4n) is 12.6. The molecule has 0 aromatic heterocycles. The second-order valence-electron chi connectivity index (χ2n) is 31.1. The highest BCUT2D eigenvalue weighted by molar-refractivity contribution is 5.46. The molecule has 0 unspecified atom stereocenters. The summed E-state index contributed by atoms with van der Waals surface area (Å²) in [6.07, 6.45) is 0. The van der Waals surface area contributed by atoms with Gasteiger partial charge in [0, 0.05) is 99.3 Å². The maximum absolute atomic E-state index is 10.9. The van der Waals surface area contributed by atoms with Crippen LogP contribution in [0.2, 0.25) is 0 Å². The Hall–Kier alpha value is -9.26. The van der Waals surface area contributed by atoms with Gasteiger partial charge < -0.3 is 185 Å². The van der Waals surface area contributed by atoms with Crippen LogP contribution in [0.25, 0.3) is 0 Å². The van der Waals surface area contributed by atoms with E-state index in [0.29, 0.717) is 361 Å². The van der Waals surface area contributed by atoms with Gasteiger partial charge in [0.25, 0.3) is 0 Å². The summed E-state index contributed by atoms with van der Waals surface area (Å²) in [5, 5.41) is 10.9. The number of hydrogen-bond acceptors (Lipinski definition) is 39. The molecule has 144 heavy (non-hydrogen) atoms. The van der Waals surface area contributed by atoms with Crippen LogP contribution in [0.3, 0.4) is 0 Å². The van der Waals surface area contributed by atoms with Crippen molar-refractivity contribution in [2.45, 2.75) is 46.2 Å². The summed E-state index contributed by atoms with van der Waals surface area (Å²) in [5.41, 5.74) is 4.72. The van der Waals surface area contributed by atoms with Crippen LogP contribution in [0, 0.1) is 0 Å². The maximum Gasteiger partial charge on any atom is 0.123 e. The number of benzene rings is 7. The first-order chi connectivity index (χ1) is 71.1. The second kappa shape index (κ2) is 83.8. The lowest BCUT2D eigenvalue weighted by Gasteiger charge is -2.17. The van der Waals surface area contributed by atoms with Crippen LogP contribution in [0.15, 0.2) is 127 Å². The molecule has 0 saturated carbocycles. The minimum atomic E-state index is -0.350. The first kappa shape index (κ1) is 122. The van der Waals surface area contributed by atoms with Crippen molar-refractivity contribution in [1.29, 1.82) is 0 Å². The van der Waals surface area contributed by atoms with Crippen molar-refractivity contribution in [2.75, 3.05) is 374 Å². The summed E-state index contributed by atoms with van der Waals surface area (Å²) >= 11 is 0. The minimum Gasteiger partial charge on any atom is -0.491 e. The normalized spacial score (nSPS) is 11.3. The van der Waals surface area contributed by atoms with Crippen LogP contribution in [-0.4, -0.2) is 379 Å². The van der Waals surface area contributed by atoms with Crippen molar-refractivity contribution in [3.63, 3.8) is 0 Å². The lowest BCUT2D eigenvalue weighted by atomic mass is 10.1. The summed E-state index contributed by atoms with van der Waals surface area (Å²) in [5.74, 6) is 6.73. The third-order valence-corrected chi connectivity index (χ3v) is 19.6. The van der Waals surface area contributed by atoms with Gasteiger partial charge in [0.1, 0.15) is 173 Å². The highest BCUT2D eigenvalue weighted by Crippen LogP contribution is 2.35. The van der Waals surface area contributed by atoms with Gasteiger partial charge in [0.2, 0.25) is 0 Å². The smallest absolute Gasteiger partial charge is 0.123 e. The first-order valence-corrected chi connectivity index (χ1v) is 48.6. The molecule has 0 atom stereocenters. The summed E-state index contributed by atoms with van der Waals surface area (Å²) in [7, 11) is 13.0. The zero-order valence-corrected chi connectivity index (χ0v) is 85.5. The van der Waals surface area contributed by atoms with E-state index in [2.05, 4.69) is 0 Å². The Morgan fingerprint density at radius 3 is 0.326 bits per heavy atom. The quantitative estimate of drug-likeness (QED) is 0.0346. The van der Waals surface area contributed by atoms with E-state index < -0.39 is 0 Å². The zero-order chi connectivity index (χ0) is 102. The lowest BCUT2D eigenvalue weighted by molar-refractivity contribution is 0.0174. The molecule has 0 aliphatic rings. The Bertz CT molecular complexity index is 3640. The molecule has 0 saturated heterocycles. The molecule has 39 nitrogen and oxygen atoms in total. The van der Waals surface area contributed by atoms with Gasteiger partial charge in [-0.2, -0.15) is 0 Å². The van der Waals surface area contributed by atoms with Crippen LogP contribution in [0.1, 0.15) is 38.9 Å². The van der Waals surface area contributed by atoms with Crippen molar-refractivity contribution < 1.29 is 185 Å². The van der Waals surface area contributed by atoms with Crippen molar-refractivity contribution >= 4 is 0 Å². The highest BCUT2D eigenvalue weighted by Gasteiger charge is 2.18. The van der Waals surface area contributed by atoms with Gasteiger partial charge in [-0.1, -0.05) is 0 Å². The van der Waals surface area contributed by atoms with E-state index in [1.165, 1.54) is 0 Å². The van der Waals surface area contributed by atoms with E-state index in [1.54, 1.807) is 87.2 Å². The molecule has 7 aromatic rings. The molecule has 0 spiro atoms. The molecule has 0 aliphatic carbocycles. The van der Waals surface area contributed by atoms with E-state index in [4.69, 9.17) is 180 Å². The van der Waals surface area contributed by atoms with Gasteiger partial charge >= 0.3 is 0 Å². The van der Waals surface area contributed by atoms with Crippen LogP contribution in [0.4, 0.5) is 0 Å². The minimum absolute atomic E-state index is 0.0115. The van der Waals surface area contributed by atoms with Gasteiger partial charge in [-0.3, -0.25) is 0 Å². The monoisotopic (exact) mass is 2040 g/mol. The zero-order valence-electron chi connectivity index (χ0n) is 85.5. The molecule has 810 valence electrons. The Kier molecular flexibility index (Phi) is 70.8. The standard InChI is InChI=1S/C105H156O39/c1-107-9-17-115-25-33-123-41-49-131-92-59-86(60-93(71-92)132-50-42-124-34-26-116-18-10-108-2)79-141-102-67-90(68-103(76-102)142-80-87-61-94(133-51-43-125-35-27-117-19-11-109-3)72-95(62-87)134-52-44-126-36-28-118-20-12-110-4)83-139-100-57-85(78-106)58-101(75-100)140-84-91-69-104(143-81-88-63-96(135-53-45-127-37-29-119-21-13-111-5)73-97(64-88)136-54-46-128-38-30-120-22-14-112-6)77-105(70-91)144-82-89-65-98(137-55-47-129-39-31-121-23-15-113-7)74-99(66-89)138-56-48-130-40-32-122-24-16-114-8/h57-77,106H,9-56,78-84H2,1-8H3. The molecule has 1 N–H and O–H groups in total. The van der Waals surface area contributed by atoms with E-state index >= 15 is 0 Å². The molecular weight excluding hydrogens is 1890 g/mol. The van der Waals surface area contributed by atoms with Crippen molar-refractivity contribution in [2.24, 2.45) is 0 Å². The van der Waals surface area contributed by atoms with Crippen LogP contribution < -0.4 is 66.3 Å². The third kappa shape index (κ3) is 60.7. The Morgan fingerprint density at radius 1 is 0.118 bits per heavy atom. The van der Waals surface area contributed by atoms with Gasteiger partial charge in [0.05, 0.1) is 271 Å². The fourth-order valence-corrected chi connectivity index (χ4v) is 12.6. The third-order valence-electron chi connectivity index (χ3n) is 19.6. The van der Waals surface area contributed by atoms with Crippen molar-refractivity contribution in [3.05, 3.63) is 166 Å². The summed E-state index contributed by atoms with van der Waals surface area (Å²) in [6.45, 7) is 18.1. The highest BCUT2D eigenvalue weighted by atomic mass is 16.6. The predicted molar refractivity (Wildman–Crippen MR) is 529 cm³/mol. The summed E-state index contributed by atoms with van der Waals surface area (Å²) in [4.78, 5) is 0. The van der Waals surface area contributed by atoms with Crippen molar-refractivity contribution in [3.8, 4) is 80.5 Å². The van der Waals surface area contributed by atoms with Crippen LogP contribution in [0.5, 0.6) is 80.5 Å². The van der Waals surface area contributed by atoms with E-state index in [-0.39, 0.29) is 99.1 Å². The molecule has 0 heterocycles. The average molecular weight is 2040 g/mol. The Balaban J connectivity index is 1.19. The number of aliphatic hydroxyl groups excluding tert-OH is 1. The SMILES string of the molecule is COCCOCCOCCOc1cc(COc2cc(COc3cc(CO)cc(OCc4cc(OCc5cc(OCCOCCOCCOC)cc(OCCOCCOCCOC)c5)cc(OCc5cc(OCCOCCOCCOC)cc(OCCOCCOCCOC)c5)c4)c3)cc(OCc3cc(OCCOCCOCCOC)cc(OCCOCCOCCOC)c3)c2)cc(OCCOCCOCCOC)c1. The molecule has 0 amide bonds. The van der Waals surface area contributed by atoms with Gasteiger partial charge in [0.15, 0.2) is 0 Å². The van der Waals surface area contributed by atoms with E-state index in [0.717, 1.165) is 22.3 Å². The Labute approximate surface area is 848 Å². The molecule has 0 fully saturated rings. The molecule has 7 rings (SSSR count). The number of methoxy groups -OCH3 is 8. The maximum atomic E-state index is 10.9. The predicted octanol–water partition coefficient (Wildman–Crippen LogP) is 11.1. The van der Waals surface area contributed by atoms with Gasteiger partial charge in [-0.05, 0) is 124 Å². The number of hydrogen-bond donors (Lipinski definition) is 1. The largest absolute Gasteiger partial charge is 0.491 e.